The number of nitrogens with zero attached hydrogens (tertiary/aromatic N) is 2. The minimum atomic E-state index is -0.190. The number of hydrogen-bond acceptors (Lipinski definition) is 3. The zero-order valence-corrected chi connectivity index (χ0v) is 13.9. The minimum absolute atomic E-state index is 0.120. The number of benzene rings is 2. The summed E-state index contributed by atoms with van der Waals surface area (Å²) in [4.78, 5) is 17.2. The fourth-order valence-electron chi connectivity index (χ4n) is 3.61. The molecule has 1 atom stereocenters. The second-order valence-electron chi connectivity index (χ2n) is 7.02. The Hall–Kier alpha value is -1.91. The van der Waals surface area contributed by atoms with Gasteiger partial charge in [0.25, 0.3) is 5.91 Å². The Morgan fingerprint density at radius 2 is 1.75 bits per heavy atom. The first kappa shape index (κ1) is 15.6. The van der Waals surface area contributed by atoms with E-state index >= 15 is 0 Å². The van der Waals surface area contributed by atoms with Gasteiger partial charge < -0.3 is 10.0 Å². The quantitative estimate of drug-likeness (QED) is 0.939. The van der Waals surface area contributed by atoms with Crippen LogP contribution in [0.3, 0.4) is 0 Å². The maximum atomic E-state index is 12.9. The average Bonchev–Trinajstić information content (AvgIpc) is 3.46. The van der Waals surface area contributed by atoms with Crippen molar-refractivity contribution in [2.45, 2.75) is 18.9 Å². The van der Waals surface area contributed by atoms with Crippen LogP contribution in [-0.2, 0) is 0 Å². The molecule has 1 aliphatic heterocycles. The van der Waals surface area contributed by atoms with Crippen LogP contribution in [0.2, 0.25) is 0 Å². The predicted octanol–water partition coefficient (Wildman–Crippen LogP) is 2.37. The normalized spacial score (nSPS) is 20.3. The van der Waals surface area contributed by atoms with Gasteiger partial charge in [-0.05, 0) is 35.6 Å². The lowest BCUT2D eigenvalue weighted by atomic mass is 10.0. The number of carbonyl (C=O) groups excluding carboxylic acids is 1. The molecule has 1 aliphatic carbocycles. The molecule has 2 aliphatic rings. The molecule has 126 valence electrons. The maximum absolute atomic E-state index is 12.9. The Balaban J connectivity index is 1.42. The molecule has 4 nitrogen and oxygen atoms in total. The van der Waals surface area contributed by atoms with E-state index in [9.17, 15) is 9.90 Å². The molecule has 0 radical (unpaired) electrons. The Morgan fingerprint density at radius 1 is 1.04 bits per heavy atom. The molecule has 2 aromatic carbocycles. The van der Waals surface area contributed by atoms with Crippen LogP contribution in [0.25, 0.3) is 10.8 Å². The molecule has 1 N–H and O–H groups in total. The molecule has 1 amide bonds. The fraction of sp³-hybridized carbons (Fsp3) is 0.450. The number of aliphatic hydroxyl groups excluding tert-OH is 1. The van der Waals surface area contributed by atoms with E-state index in [1.807, 2.05) is 47.4 Å². The number of piperazine rings is 1. The van der Waals surface area contributed by atoms with Gasteiger partial charge in [-0.1, -0.05) is 36.4 Å². The van der Waals surface area contributed by atoms with E-state index in [2.05, 4.69) is 4.90 Å². The second-order valence-corrected chi connectivity index (χ2v) is 7.02. The first-order chi connectivity index (χ1) is 11.7. The van der Waals surface area contributed by atoms with Gasteiger partial charge in [-0.15, -0.1) is 0 Å². The topological polar surface area (TPSA) is 43.8 Å². The molecule has 0 spiro atoms. The molecule has 1 saturated carbocycles. The molecule has 1 heterocycles. The summed E-state index contributed by atoms with van der Waals surface area (Å²) < 4.78 is 0. The number of rotatable bonds is 4. The summed E-state index contributed by atoms with van der Waals surface area (Å²) in [6, 6.07) is 14.0. The molecular weight excluding hydrogens is 300 g/mol. The van der Waals surface area contributed by atoms with Crippen molar-refractivity contribution in [3.8, 4) is 0 Å². The van der Waals surface area contributed by atoms with Crippen molar-refractivity contribution < 1.29 is 9.90 Å². The summed E-state index contributed by atoms with van der Waals surface area (Å²) in [6.45, 7) is 3.92. The van der Waals surface area contributed by atoms with Crippen LogP contribution in [0.4, 0.5) is 0 Å². The highest BCUT2D eigenvalue weighted by Crippen LogP contribution is 2.33. The molecule has 4 heteroatoms. The molecule has 24 heavy (non-hydrogen) atoms. The predicted molar refractivity (Wildman–Crippen MR) is 95.0 cm³/mol. The van der Waals surface area contributed by atoms with Gasteiger partial charge in [-0.3, -0.25) is 9.69 Å². The monoisotopic (exact) mass is 324 g/mol. The van der Waals surface area contributed by atoms with Gasteiger partial charge >= 0.3 is 0 Å². The van der Waals surface area contributed by atoms with Crippen molar-refractivity contribution in [2.24, 2.45) is 5.92 Å². The van der Waals surface area contributed by atoms with E-state index in [1.165, 1.54) is 12.8 Å². The Labute approximate surface area is 142 Å². The minimum Gasteiger partial charge on any atom is -0.392 e. The van der Waals surface area contributed by atoms with Crippen molar-refractivity contribution in [1.82, 2.24) is 9.80 Å². The zero-order chi connectivity index (χ0) is 16.5. The Kier molecular flexibility index (Phi) is 4.25. The van der Waals surface area contributed by atoms with Crippen molar-refractivity contribution in [2.75, 3.05) is 32.7 Å². The molecule has 1 unspecified atom stereocenters. The van der Waals surface area contributed by atoms with E-state index in [4.69, 9.17) is 0 Å². The summed E-state index contributed by atoms with van der Waals surface area (Å²) in [7, 11) is 0. The van der Waals surface area contributed by atoms with Crippen LogP contribution >= 0.6 is 0 Å². The van der Waals surface area contributed by atoms with Crippen molar-refractivity contribution in [1.29, 1.82) is 0 Å². The first-order valence-corrected chi connectivity index (χ1v) is 8.90. The lowest BCUT2D eigenvalue weighted by Gasteiger charge is -2.35. The largest absolute Gasteiger partial charge is 0.392 e. The van der Waals surface area contributed by atoms with Crippen molar-refractivity contribution in [3.05, 3.63) is 48.0 Å². The molecule has 4 rings (SSSR count). The molecular formula is C20H24N2O2. The standard InChI is InChI=1S/C20H24N2O2/c23-19(16-8-9-16)14-21-10-12-22(13-11-21)20(24)18-7-3-5-15-4-1-2-6-17(15)18/h1-7,16,19,23H,8-14H2. The van der Waals surface area contributed by atoms with Crippen LogP contribution in [0.15, 0.2) is 42.5 Å². The molecule has 0 aromatic heterocycles. The van der Waals surface area contributed by atoms with Crippen LogP contribution in [-0.4, -0.2) is 59.6 Å². The number of hydrogen-bond donors (Lipinski definition) is 1. The highest BCUT2D eigenvalue weighted by Gasteiger charge is 2.32. The van der Waals surface area contributed by atoms with Crippen LogP contribution < -0.4 is 0 Å². The highest BCUT2D eigenvalue weighted by atomic mass is 16.3. The third kappa shape index (κ3) is 3.17. The highest BCUT2D eigenvalue weighted by molar-refractivity contribution is 6.07. The second kappa shape index (κ2) is 6.54. The third-order valence-electron chi connectivity index (χ3n) is 5.29. The van der Waals surface area contributed by atoms with E-state index in [0.29, 0.717) is 5.92 Å². The van der Waals surface area contributed by atoms with Crippen molar-refractivity contribution >= 4 is 16.7 Å². The fourth-order valence-corrected chi connectivity index (χ4v) is 3.61. The molecule has 2 fully saturated rings. The summed E-state index contributed by atoms with van der Waals surface area (Å²) in [5, 5.41) is 12.2. The van der Waals surface area contributed by atoms with Crippen LogP contribution in [0.5, 0.6) is 0 Å². The molecule has 0 bridgehead atoms. The number of amides is 1. The maximum Gasteiger partial charge on any atom is 0.254 e. The van der Waals surface area contributed by atoms with E-state index in [1.54, 1.807) is 0 Å². The third-order valence-corrected chi connectivity index (χ3v) is 5.29. The van der Waals surface area contributed by atoms with Crippen molar-refractivity contribution in [3.63, 3.8) is 0 Å². The SMILES string of the molecule is O=C(c1cccc2ccccc12)N1CCN(CC(O)C2CC2)CC1. The average molecular weight is 324 g/mol. The first-order valence-electron chi connectivity index (χ1n) is 8.90. The molecule has 2 aromatic rings. The van der Waals surface area contributed by atoms with Gasteiger partial charge in [0.1, 0.15) is 0 Å². The van der Waals surface area contributed by atoms with E-state index in [0.717, 1.165) is 49.1 Å². The Morgan fingerprint density at radius 3 is 2.50 bits per heavy atom. The summed E-state index contributed by atoms with van der Waals surface area (Å²) in [5.74, 6) is 0.634. The van der Waals surface area contributed by atoms with Gasteiger partial charge in [-0.2, -0.15) is 0 Å². The van der Waals surface area contributed by atoms with Gasteiger partial charge in [0, 0.05) is 38.3 Å². The number of β-amino-alcohol motifs (C(OH)–C–C–N with tert-alkyl or cyclic N) is 1. The number of fused-ring (bicyclic) bond motifs is 1. The molecule has 1 saturated heterocycles. The van der Waals surface area contributed by atoms with Gasteiger partial charge in [0.05, 0.1) is 6.10 Å². The zero-order valence-electron chi connectivity index (χ0n) is 13.9. The summed E-state index contributed by atoms with van der Waals surface area (Å²) in [5.41, 5.74) is 0.791. The number of aliphatic hydroxyl groups is 1. The van der Waals surface area contributed by atoms with Gasteiger partial charge in [-0.25, -0.2) is 0 Å². The lowest BCUT2D eigenvalue weighted by molar-refractivity contribution is 0.0490. The summed E-state index contributed by atoms with van der Waals surface area (Å²) >= 11 is 0. The van der Waals surface area contributed by atoms with Crippen LogP contribution in [0, 0.1) is 5.92 Å². The van der Waals surface area contributed by atoms with E-state index in [-0.39, 0.29) is 12.0 Å². The smallest absolute Gasteiger partial charge is 0.254 e. The number of carbonyl (C=O) groups is 1. The van der Waals surface area contributed by atoms with Gasteiger partial charge in [0.15, 0.2) is 0 Å². The Bertz CT molecular complexity index is 728. The lowest BCUT2D eigenvalue weighted by Crippen LogP contribution is -2.50. The van der Waals surface area contributed by atoms with Crippen LogP contribution in [0.1, 0.15) is 23.2 Å². The van der Waals surface area contributed by atoms with E-state index < -0.39 is 0 Å². The summed E-state index contributed by atoms with van der Waals surface area (Å²) in [6.07, 6.45) is 2.15. The van der Waals surface area contributed by atoms with Gasteiger partial charge in [0.2, 0.25) is 0 Å².